The average molecular weight is 380 g/mol. The Kier molecular flexibility index (Phi) is 4.94. The average Bonchev–Trinajstić information content (AvgIpc) is 3.29. The van der Waals surface area contributed by atoms with Crippen LogP contribution in [0.1, 0.15) is 12.8 Å². The van der Waals surface area contributed by atoms with Crippen molar-refractivity contribution in [3.63, 3.8) is 0 Å². The third-order valence-corrected chi connectivity index (χ3v) is 5.60. The van der Waals surface area contributed by atoms with Gasteiger partial charge in [0.1, 0.15) is 11.5 Å². The third kappa shape index (κ3) is 3.67. The normalized spacial score (nSPS) is 21.4. The Hall–Kier alpha value is -3.02. The van der Waals surface area contributed by atoms with Crippen LogP contribution in [0.3, 0.4) is 0 Å². The molecule has 0 N–H and O–H groups in total. The number of anilines is 1. The molecule has 2 aromatic rings. The molecule has 0 aromatic heterocycles. The fourth-order valence-electron chi connectivity index (χ4n) is 4.07. The third-order valence-electron chi connectivity index (χ3n) is 5.60. The number of amides is 2. The van der Waals surface area contributed by atoms with E-state index in [4.69, 9.17) is 9.47 Å². The molecule has 0 radical (unpaired) electrons. The Morgan fingerprint density at radius 1 is 1.04 bits per heavy atom. The molecule has 0 saturated carbocycles. The lowest BCUT2D eigenvalue weighted by atomic mass is 9.86. The van der Waals surface area contributed by atoms with E-state index in [1.165, 1.54) is 0 Å². The first-order valence-electron chi connectivity index (χ1n) is 9.49. The first-order chi connectivity index (χ1) is 13.6. The van der Waals surface area contributed by atoms with Crippen LogP contribution in [-0.4, -0.2) is 50.1 Å². The summed E-state index contributed by atoms with van der Waals surface area (Å²) >= 11 is 0. The minimum Gasteiger partial charge on any atom is -0.497 e. The largest absolute Gasteiger partial charge is 0.497 e. The molecule has 4 rings (SSSR count). The molecule has 1 atom stereocenters. The van der Waals surface area contributed by atoms with Gasteiger partial charge in [-0.3, -0.25) is 9.59 Å². The van der Waals surface area contributed by atoms with Crippen LogP contribution < -0.4 is 14.4 Å². The van der Waals surface area contributed by atoms with Crippen LogP contribution in [0.4, 0.5) is 5.69 Å². The number of benzene rings is 2. The Bertz CT molecular complexity index is 853. The van der Waals surface area contributed by atoms with Crippen molar-refractivity contribution in [3.05, 3.63) is 54.6 Å². The highest BCUT2D eigenvalue weighted by atomic mass is 16.5. The van der Waals surface area contributed by atoms with E-state index in [0.29, 0.717) is 31.8 Å². The maximum Gasteiger partial charge on any atom is 0.260 e. The number of methoxy groups -OCH3 is 1. The number of carbonyl (C=O) groups excluding carboxylic acids is 2. The molecule has 0 bridgehead atoms. The van der Waals surface area contributed by atoms with Gasteiger partial charge in [-0.15, -0.1) is 0 Å². The zero-order chi connectivity index (χ0) is 19.6. The fourth-order valence-corrected chi connectivity index (χ4v) is 4.07. The van der Waals surface area contributed by atoms with Gasteiger partial charge in [0.25, 0.3) is 5.91 Å². The van der Waals surface area contributed by atoms with Gasteiger partial charge in [0, 0.05) is 37.2 Å². The monoisotopic (exact) mass is 380 g/mol. The molecule has 6 nitrogen and oxygen atoms in total. The molecule has 6 heteroatoms. The number of para-hydroxylation sites is 1. The summed E-state index contributed by atoms with van der Waals surface area (Å²) in [7, 11) is 1.62. The molecular formula is C22H24N2O4. The highest BCUT2D eigenvalue weighted by Gasteiger charge is 2.48. The second-order valence-electron chi connectivity index (χ2n) is 7.52. The van der Waals surface area contributed by atoms with Crippen molar-refractivity contribution in [2.75, 3.05) is 38.3 Å². The summed E-state index contributed by atoms with van der Waals surface area (Å²) in [5, 5.41) is 0. The van der Waals surface area contributed by atoms with Crippen molar-refractivity contribution in [1.82, 2.24) is 4.90 Å². The quantitative estimate of drug-likeness (QED) is 0.800. The van der Waals surface area contributed by atoms with Crippen LogP contribution in [0.25, 0.3) is 0 Å². The van der Waals surface area contributed by atoms with Crippen LogP contribution in [0, 0.1) is 5.41 Å². The minimum absolute atomic E-state index is 0.0240. The molecule has 2 saturated heterocycles. The topological polar surface area (TPSA) is 59.1 Å². The van der Waals surface area contributed by atoms with E-state index in [1.807, 2.05) is 64.4 Å². The SMILES string of the molecule is COc1ccc(N2C[C@@]3(CCN(C(=O)COc4ccccc4)C3)CC2=O)cc1. The van der Waals surface area contributed by atoms with E-state index >= 15 is 0 Å². The molecule has 2 aliphatic rings. The van der Waals surface area contributed by atoms with Crippen molar-refractivity contribution in [2.24, 2.45) is 5.41 Å². The van der Waals surface area contributed by atoms with Crippen molar-refractivity contribution in [1.29, 1.82) is 0 Å². The first-order valence-corrected chi connectivity index (χ1v) is 9.49. The predicted molar refractivity (Wildman–Crippen MR) is 106 cm³/mol. The van der Waals surface area contributed by atoms with Gasteiger partial charge in [0.2, 0.25) is 5.91 Å². The first kappa shape index (κ1) is 18.3. The summed E-state index contributed by atoms with van der Waals surface area (Å²) in [5.74, 6) is 1.53. The summed E-state index contributed by atoms with van der Waals surface area (Å²) in [6.07, 6.45) is 1.31. The molecule has 0 unspecified atom stereocenters. The molecule has 146 valence electrons. The van der Waals surface area contributed by atoms with Crippen LogP contribution in [-0.2, 0) is 9.59 Å². The van der Waals surface area contributed by atoms with Gasteiger partial charge < -0.3 is 19.3 Å². The molecule has 2 aromatic carbocycles. The predicted octanol–water partition coefficient (Wildman–Crippen LogP) is 2.73. The van der Waals surface area contributed by atoms with Crippen LogP contribution >= 0.6 is 0 Å². The lowest BCUT2D eigenvalue weighted by Gasteiger charge is -2.24. The molecule has 2 heterocycles. The van der Waals surface area contributed by atoms with Crippen LogP contribution in [0.15, 0.2) is 54.6 Å². The maximum atomic E-state index is 12.6. The van der Waals surface area contributed by atoms with Crippen molar-refractivity contribution < 1.29 is 19.1 Å². The summed E-state index contributed by atoms with van der Waals surface area (Å²) < 4.78 is 10.8. The molecule has 1 spiro atoms. The number of ether oxygens (including phenoxy) is 2. The number of nitrogens with zero attached hydrogens (tertiary/aromatic N) is 2. The Labute approximate surface area is 164 Å². The van der Waals surface area contributed by atoms with Gasteiger partial charge in [0.05, 0.1) is 7.11 Å². The second kappa shape index (κ2) is 7.54. The van der Waals surface area contributed by atoms with Gasteiger partial charge >= 0.3 is 0 Å². The second-order valence-corrected chi connectivity index (χ2v) is 7.52. The van der Waals surface area contributed by atoms with E-state index in [0.717, 1.165) is 17.9 Å². The van der Waals surface area contributed by atoms with E-state index in [2.05, 4.69) is 0 Å². The van der Waals surface area contributed by atoms with Gasteiger partial charge in [0.15, 0.2) is 6.61 Å². The van der Waals surface area contributed by atoms with Crippen molar-refractivity contribution >= 4 is 17.5 Å². The molecule has 2 amide bonds. The highest BCUT2D eigenvalue weighted by Crippen LogP contribution is 2.42. The lowest BCUT2D eigenvalue weighted by molar-refractivity contribution is -0.132. The number of carbonyl (C=O) groups is 2. The van der Waals surface area contributed by atoms with Crippen molar-refractivity contribution in [2.45, 2.75) is 12.8 Å². The van der Waals surface area contributed by atoms with Gasteiger partial charge in [-0.25, -0.2) is 0 Å². The number of likely N-dealkylation sites (tertiary alicyclic amines) is 1. The van der Waals surface area contributed by atoms with E-state index in [-0.39, 0.29) is 23.8 Å². The molecule has 0 aliphatic carbocycles. The number of hydrogen-bond donors (Lipinski definition) is 0. The number of rotatable bonds is 5. The van der Waals surface area contributed by atoms with E-state index in [1.54, 1.807) is 7.11 Å². The smallest absolute Gasteiger partial charge is 0.260 e. The number of hydrogen-bond acceptors (Lipinski definition) is 4. The lowest BCUT2D eigenvalue weighted by Crippen LogP contribution is -2.36. The van der Waals surface area contributed by atoms with Gasteiger partial charge in [-0.1, -0.05) is 18.2 Å². The zero-order valence-electron chi connectivity index (χ0n) is 16.0. The van der Waals surface area contributed by atoms with Gasteiger partial charge in [-0.05, 0) is 42.8 Å². The Morgan fingerprint density at radius 3 is 2.50 bits per heavy atom. The summed E-state index contributed by atoms with van der Waals surface area (Å²) in [6.45, 7) is 1.93. The molecule has 2 aliphatic heterocycles. The van der Waals surface area contributed by atoms with Gasteiger partial charge in [-0.2, -0.15) is 0 Å². The Morgan fingerprint density at radius 2 is 1.79 bits per heavy atom. The molecular weight excluding hydrogens is 356 g/mol. The van der Waals surface area contributed by atoms with Crippen LogP contribution in [0.5, 0.6) is 11.5 Å². The highest BCUT2D eigenvalue weighted by molar-refractivity contribution is 5.96. The van der Waals surface area contributed by atoms with E-state index < -0.39 is 0 Å². The zero-order valence-corrected chi connectivity index (χ0v) is 16.0. The molecule has 2 fully saturated rings. The van der Waals surface area contributed by atoms with Crippen LogP contribution in [0.2, 0.25) is 0 Å². The molecule has 28 heavy (non-hydrogen) atoms. The maximum absolute atomic E-state index is 12.6. The van der Waals surface area contributed by atoms with Crippen molar-refractivity contribution in [3.8, 4) is 11.5 Å². The minimum atomic E-state index is -0.167. The summed E-state index contributed by atoms with van der Waals surface area (Å²) in [6, 6.07) is 16.9. The summed E-state index contributed by atoms with van der Waals surface area (Å²) in [4.78, 5) is 28.8. The fraction of sp³-hybridized carbons (Fsp3) is 0.364. The standard InChI is InChI=1S/C22H24N2O4/c1-27-18-9-7-17(8-10-18)24-16-22(13-20(24)25)11-12-23(15-22)21(26)14-28-19-5-3-2-4-6-19/h2-10H,11-16H2,1H3/t22-/m0/s1. The van der Waals surface area contributed by atoms with E-state index in [9.17, 15) is 9.59 Å². The Balaban J connectivity index is 1.37. The summed E-state index contributed by atoms with van der Waals surface area (Å²) in [5.41, 5.74) is 0.708.